The van der Waals surface area contributed by atoms with E-state index in [2.05, 4.69) is 30.7 Å². The van der Waals surface area contributed by atoms with Crippen molar-refractivity contribution in [2.45, 2.75) is 0 Å². The van der Waals surface area contributed by atoms with Gasteiger partial charge in [0.2, 0.25) is 5.95 Å². The van der Waals surface area contributed by atoms with E-state index in [4.69, 9.17) is 4.74 Å². The predicted molar refractivity (Wildman–Crippen MR) is 90.1 cm³/mol. The zero-order valence-corrected chi connectivity index (χ0v) is 12.8. The molecule has 3 rings (SSSR count). The Bertz CT molecular complexity index is 890. The minimum Gasteiger partial charge on any atom is -0.497 e. The average molecular weight is 322 g/mol. The second-order valence-corrected chi connectivity index (χ2v) is 4.70. The van der Waals surface area contributed by atoms with E-state index >= 15 is 0 Å². The van der Waals surface area contributed by atoms with Crippen molar-refractivity contribution in [1.29, 1.82) is 0 Å². The fraction of sp³-hybridized carbons (Fsp3) is 0.0625. The topological polar surface area (TPSA) is 105 Å². The molecule has 0 fully saturated rings. The lowest BCUT2D eigenvalue weighted by molar-refractivity contribution is 0.415. The Morgan fingerprint density at radius 2 is 2.00 bits per heavy atom. The van der Waals surface area contributed by atoms with E-state index in [9.17, 15) is 4.79 Å². The molecule has 0 aliphatic rings. The minimum absolute atomic E-state index is 0.143. The molecule has 24 heavy (non-hydrogen) atoms. The SMILES string of the molecule is COc1ccc(-c2nnc(N/N=C/c3ccccn3)[nH]c2=O)cc1. The molecular weight excluding hydrogens is 308 g/mol. The zero-order chi connectivity index (χ0) is 16.8. The molecule has 2 N–H and O–H groups in total. The molecule has 120 valence electrons. The van der Waals surface area contributed by atoms with Gasteiger partial charge in [-0.2, -0.15) is 5.10 Å². The van der Waals surface area contributed by atoms with Gasteiger partial charge in [-0.25, -0.2) is 5.43 Å². The standard InChI is InChI=1S/C16H14N6O2/c1-24-13-7-5-11(6-8-13)14-15(23)19-16(22-20-14)21-18-10-12-4-2-3-9-17-12/h2-10H,1H3,(H2,19,21,22,23)/b18-10+. The van der Waals surface area contributed by atoms with Gasteiger partial charge in [0.25, 0.3) is 5.56 Å². The molecule has 8 nitrogen and oxygen atoms in total. The van der Waals surface area contributed by atoms with Gasteiger partial charge in [0.05, 0.1) is 19.0 Å². The van der Waals surface area contributed by atoms with Crippen LogP contribution in [0.25, 0.3) is 11.3 Å². The maximum Gasteiger partial charge on any atom is 0.279 e. The summed E-state index contributed by atoms with van der Waals surface area (Å²) in [7, 11) is 1.58. The molecule has 2 heterocycles. The van der Waals surface area contributed by atoms with Gasteiger partial charge in [-0.3, -0.25) is 14.8 Å². The largest absolute Gasteiger partial charge is 0.497 e. The second-order valence-electron chi connectivity index (χ2n) is 4.70. The molecule has 0 atom stereocenters. The van der Waals surface area contributed by atoms with Crippen molar-refractivity contribution in [2.24, 2.45) is 5.10 Å². The van der Waals surface area contributed by atoms with Crippen molar-refractivity contribution < 1.29 is 4.74 Å². The number of hydrogen-bond acceptors (Lipinski definition) is 7. The molecule has 0 aliphatic carbocycles. The number of H-pyrrole nitrogens is 1. The lowest BCUT2D eigenvalue weighted by atomic mass is 10.1. The van der Waals surface area contributed by atoms with E-state index in [0.29, 0.717) is 17.0 Å². The molecule has 3 aromatic rings. The number of aromatic amines is 1. The van der Waals surface area contributed by atoms with Gasteiger partial charge in [0.15, 0.2) is 5.69 Å². The fourth-order valence-corrected chi connectivity index (χ4v) is 1.94. The average Bonchev–Trinajstić information content (AvgIpc) is 2.63. The molecule has 1 aromatic carbocycles. The lowest BCUT2D eigenvalue weighted by Crippen LogP contribution is -2.15. The zero-order valence-electron chi connectivity index (χ0n) is 12.8. The number of rotatable bonds is 5. The van der Waals surface area contributed by atoms with Crippen LogP contribution in [0.5, 0.6) is 5.75 Å². The van der Waals surface area contributed by atoms with Crippen LogP contribution in [0.15, 0.2) is 58.6 Å². The predicted octanol–water partition coefficient (Wildman–Crippen LogP) is 1.68. The van der Waals surface area contributed by atoms with Crippen molar-refractivity contribution in [2.75, 3.05) is 12.5 Å². The highest BCUT2D eigenvalue weighted by molar-refractivity contribution is 5.77. The fourth-order valence-electron chi connectivity index (χ4n) is 1.94. The van der Waals surface area contributed by atoms with Crippen LogP contribution in [0.3, 0.4) is 0 Å². The summed E-state index contributed by atoms with van der Waals surface area (Å²) in [6.45, 7) is 0. The van der Waals surface area contributed by atoms with Crippen molar-refractivity contribution >= 4 is 12.2 Å². The molecule has 0 saturated carbocycles. The highest BCUT2D eigenvalue weighted by Crippen LogP contribution is 2.17. The summed E-state index contributed by atoms with van der Waals surface area (Å²) in [5.74, 6) is 0.842. The molecule has 0 spiro atoms. The van der Waals surface area contributed by atoms with Crippen LogP contribution in [0.1, 0.15) is 5.69 Å². The van der Waals surface area contributed by atoms with Crippen LogP contribution >= 0.6 is 0 Å². The summed E-state index contributed by atoms with van der Waals surface area (Å²) in [4.78, 5) is 18.8. The van der Waals surface area contributed by atoms with Gasteiger partial charge < -0.3 is 4.74 Å². The molecule has 0 amide bonds. The summed E-state index contributed by atoms with van der Waals surface area (Å²) in [6, 6.07) is 12.4. The quantitative estimate of drug-likeness (QED) is 0.547. The van der Waals surface area contributed by atoms with Crippen molar-refractivity contribution in [3.05, 3.63) is 64.7 Å². The maximum atomic E-state index is 12.1. The molecule has 0 radical (unpaired) electrons. The van der Waals surface area contributed by atoms with Gasteiger partial charge in [-0.15, -0.1) is 10.2 Å². The third-order valence-electron chi connectivity index (χ3n) is 3.12. The van der Waals surface area contributed by atoms with E-state index in [1.54, 1.807) is 43.6 Å². The minimum atomic E-state index is -0.370. The molecular formula is C16H14N6O2. The first-order chi connectivity index (χ1) is 11.8. The Morgan fingerprint density at radius 1 is 1.17 bits per heavy atom. The summed E-state index contributed by atoms with van der Waals surface area (Å²) in [6.07, 6.45) is 3.17. The van der Waals surface area contributed by atoms with Crippen molar-refractivity contribution in [1.82, 2.24) is 20.2 Å². The number of anilines is 1. The number of benzene rings is 1. The van der Waals surface area contributed by atoms with E-state index in [1.807, 2.05) is 12.1 Å². The van der Waals surface area contributed by atoms with Crippen LogP contribution in [0.2, 0.25) is 0 Å². The second kappa shape index (κ2) is 7.14. The smallest absolute Gasteiger partial charge is 0.279 e. The number of aromatic nitrogens is 4. The summed E-state index contributed by atoms with van der Waals surface area (Å²) in [5.41, 5.74) is 3.78. The number of methoxy groups -OCH3 is 1. The Morgan fingerprint density at radius 3 is 2.67 bits per heavy atom. The van der Waals surface area contributed by atoms with Gasteiger partial charge in [0.1, 0.15) is 5.75 Å². The third-order valence-corrected chi connectivity index (χ3v) is 3.12. The van der Waals surface area contributed by atoms with Gasteiger partial charge in [0, 0.05) is 11.8 Å². The third kappa shape index (κ3) is 3.61. The number of nitrogens with one attached hydrogen (secondary N) is 2. The number of hydrazone groups is 1. The van der Waals surface area contributed by atoms with Crippen LogP contribution in [0, 0.1) is 0 Å². The molecule has 0 unspecified atom stereocenters. The Labute approximate surface area is 137 Å². The number of hydrogen-bond donors (Lipinski definition) is 2. The maximum absolute atomic E-state index is 12.1. The number of ether oxygens (including phenoxy) is 1. The summed E-state index contributed by atoms with van der Waals surface area (Å²) in [5, 5.41) is 11.8. The normalized spacial score (nSPS) is 10.7. The highest BCUT2D eigenvalue weighted by Gasteiger charge is 2.07. The molecule has 0 bridgehead atoms. The van der Waals surface area contributed by atoms with Gasteiger partial charge in [-0.05, 0) is 36.4 Å². The van der Waals surface area contributed by atoms with Crippen molar-refractivity contribution in [3.8, 4) is 17.0 Å². The van der Waals surface area contributed by atoms with E-state index in [1.165, 1.54) is 6.21 Å². The Kier molecular flexibility index (Phi) is 4.57. The summed E-state index contributed by atoms with van der Waals surface area (Å²) < 4.78 is 5.08. The van der Waals surface area contributed by atoms with Gasteiger partial charge in [-0.1, -0.05) is 6.07 Å². The Balaban J connectivity index is 1.74. The first-order valence-electron chi connectivity index (χ1n) is 7.08. The molecule has 0 aliphatic heterocycles. The first-order valence-corrected chi connectivity index (χ1v) is 7.08. The van der Waals surface area contributed by atoms with Gasteiger partial charge >= 0.3 is 0 Å². The van der Waals surface area contributed by atoms with Crippen LogP contribution in [-0.2, 0) is 0 Å². The number of nitrogens with zero attached hydrogens (tertiary/aromatic N) is 4. The van der Waals surface area contributed by atoms with E-state index < -0.39 is 0 Å². The van der Waals surface area contributed by atoms with Crippen LogP contribution < -0.4 is 15.7 Å². The van der Waals surface area contributed by atoms with Crippen LogP contribution in [0.4, 0.5) is 5.95 Å². The first kappa shape index (κ1) is 15.3. The van der Waals surface area contributed by atoms with Crippen molar-refractivity contribution in [3.63, 3.8) is 0 Å². The monoisotopic (exact) mass is 322 g/mol. The van der Waals surface area contributed by atoms with Crippen LogP contribution in [-0.4, -0.2) is 33.5 Å². The van der Waals surface area contributed by atoms with E-state index in [0.717, 1.165) is 0 Å². The molecule has 2 aromatic heterocycles. The highest BCUT2D eigenvalue weighted by atomic mass is 16.5. The molecule has 0 saturated heterocycles. The Hall–Kier alpha value is -3.55. The number of pyridine rings is 1. The molecule has 8 heteroatoms. The lowest BCUT2D eigenvalue weighted by Gasteiger charge is -2.03. The summed E-state index contributed by atoms with van der Waals surface area (Å²) >= 11 is 0. The van der Waals surface area contributed by atoms with E-state index in [-0.39, 0.29) is 17.2 Å².